The monoisotopic (exact) mass is 306 g/mol. The highest BCUT2D eigenvalue weighted by Crippen LogP contribution is 2.19. The third-order valence-corrected chi connectivity index (χ3v) is 3.33. The standard InChI is InChI=1S/C16H19ClN2O2/c1-3-18-10-15-14(17)8-9-16(19-15)21-11-12-4-6-13(20-2)7-5-12/h4-9,18H,3,10-11H2,1-2H3. The summed E-state index contributed by atoms with van der Waals surface area (Å²) in [5, 5.41) is 3.85. The maximum Gasteiger partial charge on any atom is 0.213 e. The lowest BCUT2D eigenvalue weighted by atomic mass is 10.2. The van der Waals surface area contributed by atoms with Gasteiger partial charge in [0.05, 0.1) is 17.8 Å². The second-order valence-corrected chi connectivity index (χ2v) is 4.90. The fourth-order valence-corrected chi connectivity index (χ4v) is 1.96. The molecule has 0 amide bonds. The van der Waals surface area contributed by atoms with Crippen LogP contribution in [0.1, 0.15) is 18.2 Å². The van der Waals surface area contributed by atoms with Crippen molar-refractivity contribution in [3.63, 3.8) is 0 Å². The van der Waals surface area contributed by atoms with Gasteiger partial charge in [0, 0.05) is 12.6 Å². The maximum absolute atomic E-state index is 6.11. The SMILES string of the molecule is CCNCc1nc(OCc2ccc(OC)cc2)ccc1Cl. The van der Waals surface area contributed by atoms with E-state index in [1.165, 1.54) is 0 Å². The lowest BCUT2D eigenvalue weighted by Gasteiger charge is -2.09. The average molecular weight is 307 g/mol. The zero-order chi connectivity index (χ0) is 15.1. The Hall–Kier alpha value is -1.78. The molecule has 0 saturated heterocycles. The van der Waals surface area contributed by atoms with Crippen LogP contribution in [-0.4, -0.2) is 18.6 Å². The van der Waals surface area contributed by atoms with Gasteiger partial charge in [0.2, 0.25) is 5.88 Å². The number of hydrogen-bond donors (Lipinski definition) is 1. The molecule has 1 aromatic carbocycles. The highest BCUT2D eigenvalue weighted by molar-refractivity contribution is 6.31. The van der Waals surface area contributed by atoms with Crippen LogP contribution in [0.15, 0.2) is 36.4 Å². The zero-order valence-electron chi connectivity index (χ0n) is 12.2. The van der Waals surface area contributed by atoms with Crippen LogP contribution in [0, 0.1) is 0 Å². The Balaban J connectivity index is 1.98. The van der Waals surface area contributed by atoms with Gasteiger partial charge >= 0.3 is 0 Å². The second kappa shape index (κ2) is 7.86. The highest BCUT2D eigenvalue weighted by atomic mass is 35.5. The number of pyridine rings is 1. The number of rotatable bonds is 7. The number of ether oxygens (including phenoxy) is 2. The molecule has 2 rings (SSSR count). The topological polar surface area (TPSA) is 43.4 Å². The van der Waals surface area contributed by atoms with Gasteiger partial charge in [0.25, 0.3) is 0 Å². The van der Waals surface area contributed by atoms with Crippen molar-refractivity contribution in [3.8, 4) is 11.6 Å². The van der Waals surface area contributed by atoms with Crippen molar-refractivity contribution in [1.29, 1.82) is 0 Å². The Morgan fingerprint density at radius 2 is 1.90 bits per heavy atom. The van der Waals surface area contributed by atoms with Crippen molar-refractivity contribution in [2.24, 2.45) is 0 Å². The number of methoxy groups -OCH3 is 1. The Kier molecular flexibility index (Phi) is 5.84. The van der Waals surface area contributed by atoms with Crippen LogP contribution in [0.3, 0.4) is 0 Å². The Bertz CT molecular complexity index is 573. The van der Waals surface area contributed by atoms with Crippen LogP contribution < -0.4 is 14.8 Å². The summed E-state index contributed by atoms with van der Waals surface area (Å²) < 4.78 is 10.8. The van der Waals surface area contributed by atoms with Gasteiger partial charge in [-0.15, -0.1) is 0 Å². The van der Waals surface area contributed by atoms with Crippen molar-refractivity contribution < 1.29 is 9.47 Å². The normalized spacial score (nSPS) is 10.4. The minimum Gasteiger partial charge on any atom is -0.497 e. The molecular formula is C16H19ClN2O2. The number of nitrogens with one attached hydrogen (secondary N) is 1. The van der Waals surface area contributed by atoms with Crippen LogP contribution in [-0.2, 0) is 13.2 Å². The smallest absolute Gasteiger partial charge is 0.213 e. The summed E-state index contributed by atoms with van der Waals surface area (Å²) in [6.45, 7) is 4.00. The molecular weight excluding hydrogens is 288 g/mol. The Morgan fingerprint density at radius 1 is 1.14 bits per heavy atom. The summed E-state index contributed by atoms with van der Waals surface area (Å²) >= 11 is 6.11. The minimum atomic E-state index is 0.458. The van der Waals surface area contributed by atoms with Crippen LogP contribution in [0.5, 0.6) is 11.6 Å². The van der Waals surface area contributed by atoms with E-state index in [0.29, 0.717) is 24.1 Å². The number of benzene rings is 1. The molecule has 0 aliphatic carbocycles. The summed E-state index contributed by atoms with van der Waals surface area (Å²) in [4.78, 5) is 4.42. The molecule has 1 aromatic heterocycles. The summed E-state index contributed by atoms with van der Waals surface area (Å²) in [6, 6.07) is 11.3. The molecule has 0 unspecified atom stereocenters. The first-order valence-corrected chi connectivity index (χ1v) is 7.22. The van der Waals surface area contributed by atoms with E-state index in [1.54, 1.807) is 13.2 Å². The Morgan fingerprint density at radius 3 is 2.57 bits per heavy atom. The van der Waals surface area contributed by atoms with E-state index in [-0.39, 0.29) is 0 Å². The van der Waals surface area contributed by atoms with E-state index in [0.717, 1.165) is 23.6 Å². The largest absolute Gasteiger partial charge is 0.497 e. The van der Waals surface area contributed by atoms with Gasteiger partial charge in [0.1, 0.15) is 12.4 Å². The van der Waals surface area contributed by atoms with Crippen LogP contribution in [0.2, 0.25) is 5.02 Å². The van der Waals surface area contributed by atoms with E-state index in [2.05, 4.69) is 10.3 Å². The van der Waals surface area contributed by atoms with Crippen molar-refractivity contribution in [3.05, 3.63) is 52.7 Å². The molecule has 0 saturated carbocycles. The van der Waals surface area contributed by atoms with Gasteiger partial charge in [-0.25, -0.2) is 4.98 Å². The molecule has 2 aromatic rings. The van der Waals surface area contributed by atoms with E-state index in [4.69, 9.17) is 21.1 Å². The molecule has 5 heteroatoms. The first-order chi connectivity index (χ1) is 10.2. The lowest BCUT2D eigenvalue weighted by Crippen LogP contribution is -2.13. The summed E-state index contributed by atoms with van der Waals surface area (Å²) in [5.74, 6) is 1.40. The number of hydrogen-bond acceptors (Lipinski definition) is 4. The molecule has 0 bridgehead atoms. The van der Waals surface area contributed by atoms with Crippen molar-refractivity contribution in [1.82, 2.24) is 10.3 Å². The Labute approximate surface area is 130 Å². The van der Waals surface area contributed by atoms with Gasteiger partial charge in [-0.2, -0.15) is 0 Å². The van der Waals surface area contributed by atoms with Gasteiger partial charge < -0.3 is 14.8 Å². The third-order valence-electron chi connectivity index (χ3n) is 2.98. The molecule has 1 N–H and O–H groups in total. The minimum absolute atomic E-state index is 0.458. The lowest BCUT2D eigenvalue weighted by molar-refractivity contribution is 0.292. The van der Waals surface area contributed by atoms with E-state index >= 15 is 0 Å². The first kappa shape index (κ1) is 15.6. The van der Waals surface area contributed by atoms with E-state index < -0.39 is 0 Å². The van der Waals surface area contributed by atoms with Gasteiger partial charge in [-0.3, -0.25) is 0 Å². The predicted octanol–water partition coefficient (Wildman–Crippen LogP) is 3.43. The molecule has 0 radical (unpaired) electrons. The summed E-state index contributed by atoms with van der Waals surface area (Å²) in [5.41, 5.74) is 1.85. The molecule has 4 nitrogen and oxygen atoms in total. The molecule has 0 aliphatic rings. The van der Waals surface area contributed by atoms with Crippen molar-refractivity contribution >= 4 is 11.6 Å². The quantitative estimate of drug-likeness (QED) is 0.851. The molecule has 0 fully saturated rings. The fourth-order valence-electron chi connectivity index (χ4n) is 1.79. The van der Waals surface area contributed by atoms with Crippen LogP contribution >= 0.6 is 11.6 Å². The van der Waals surface area contributed by atoms with E-state index in [1.807, 2.05) is 37.3 Å². The summed E-state index contributed by atoms with van der Waals surface area (Å²) in [6.07, 6.45) is 0. The maximum atomic E-state index is 6.11. The number of nitrogens with zero attached hydrogens (tertiary/aromatic N) is 1. The van der Waals surface area contributed by atoms with Gasteiger partial charge in [-0.05, 0) is 30.3 Å². The average Bonchev–Trinajstić information content (AvgIpc) is 2.53. The van der Waals surface area contributed by atoms with Gasteiger partial charge in [-0.1, -0.05) is 30.7 Å². The van der Waals surface area contributed by atoms with Crippen LogP contribution in [0.25, 0.3) is 0 Å². The molecule has 112 valence electrons. The van der Waals surface area contributed by atoms with Crippen LogP contribution in [0.4, 0.5) is 0 Å². The van der Waals surface area contributed by atoms with E-state index in [9.17, 15) is 0 Å². The zero-order valence-corrected chi connectivity index (χ0v) is 13.0. The fraction of sp³-hybridized carbons (Fsp3) is 0.312. The third kappa shape index (κ3) is 4.62. The molecule has 1 heterocycles. The summed E-state index contributed by atoms with van der Waals surface area (Å²) in [7, 11) is 1.65. The van der Waals surface area contributed by atoms with Gasteiger partial charge in [0.15, 0.2) is 0 Å². The molecule has 0 aliphatic heterocycles. The highest BCUT2D eigenvalue weighted by Gasteiger charge is 2.05. The first-order valence-electron chi connectivity index (χ1n) is 6.84. The number of halogens is 1. The predicted molar refractivity (Wildman–Crippen MR) is 84.0 cm³/mol. The second-order valence-electron chi connectivity index (χ2n) is 4.50. The van der Waals surface area contributed by atoms with Crippen molar-refractivity contribution in [2.75, 3.05) is 13.7 Å². The molecule has 0 atom stereocenters. The van der Waals surface area contributed by atoms with Crippen molar-refractivity contribution in [2.45, 2.75) is 20.1 Å². The molecule has 21 heavy (non-hydrogen) atoms. The molecule has 0 spiro atoms. The number of aromatic nitrogens is 1.